The summed E-state index contributed by atoms with van der Waals surface area (Å²) in [4.78, 5) is 13.8. The zero-order valence-electron chi connectivity index (χ0n) is 5.27. The molecule has 0 aliphatic rings. The Kier molecular flexibility index (Phi) is 1.57. The fourth-order valence-corrected chi connectivity index (χ4v) is 0.547. The first-order valence-electron chi connectivity index (χ1n) is 2.59. The molecule has 1 N–H and O–H groups in total. The van der Waals surface area contributed by atoms with E-state index in [1.807, 2.05) is 0 Å². The van der Waals surface area contributed by atoms with Gasteiger partial charge in [0.1, 0.15) is 6.33 Å². The summed E-state index contributed by atoms with van der Waals surface area (Å²) in [5.41, 5.74) is 0.282. The van der Waals surface area contributed by atoms with Gasteiger partial charge in [0.25, 0.3) is 0 Å². The van der Waals surface area contributed by atoms with Crippen molar-refractivity contribution in [2.45, 2.75) is 6.92 Å². The van der Waals surface area contributed by atoms with Crippen LogP contribution in [-0.4, -0.2) is 26.3 Å². The lowest BCUT2D eigenvalue weighted by Crippen LogP contribution is -2.05. The average molecular weight is 139 g/mol. The molecule has 52 valence electrons. The van der Waals surface area contributed by atoms with Gasteiger partial charge in [-0.25, -0.2) is 9.78 Å². The van der Waals surface area contributed by atoms with Crippen molar-refractivity contribution in [1.82, 2.24) is 15.2 Å². The van der Waals surface area contributed by atoms with Gasteiger partial charge in [-0.1, -0.05) is 0 Å². The normalized spacial score (nSPS) is 9.30. The number of carbonyl (C=O) groups is 1. The van der Waals surface area contributed by atoms with Gasteiger partial charge in [-0.3, -0.25) is 0 Å². The van der Waals surface area contributed by atoms with Gasteiger partial charge in [-0.2, -0.15) is 5.10 Å². The van der Waals surface area contributed by atoms with Crippen LogP contribution in [0.5, 0.6) is 0 Å². The van der Waals surface area contributed by atoms with Crippen LogP contribution >= 0.6 is 0 Å². The molecule has 10 heavy (non-hydrogen) atoms. The number of aromatic nitrogens is 3. The third kappa shape index (κ3) is 1.07. The van der Waals surface area contributed by atoms with Crippen molar-refractivity contribution < 1.29 is 9.90 Å². The summed E-state index contributed by atoms with van der Waals surface area (Å²) < 4.78 is 0. The molecule has 0 saturated carbocycles. The second-order valence-corrected chi connectivity index (χ2v) is 1.70. The van der Waals surface area contributed by atoms with E-state index in [4.69, 9.17) is 5.11 Å². The zero-order chi connectivity index (χ0) is 7.56. The van der Waals surface area contributed by atoms with Gasteiger partial charge in [0, 0.05) is 0 Å². The van der Waals surface area contributed by atoms with Crippen LogP contribution in [0.2, 0.25) is 0 Å². The minimum Gasteiger partial charge on any atom is -0.476 e. The minimum absolute atomic E-state index is 0.0463. The van der Waals surface area contributed by atoms with Gasteiger partial charge < -0.3 is 5.11 Å². The molecule has 0 aliphatic heterocycles. The molecule has 0 bridgehead atoms. The number of rotatable bonds is 1. The fourth-order valence-electron chi connectivity index (χ4n) is 0.547. The summed E-state index contributed by atoms with van der Waals surface area (Å²) in [6, 6.07) is 0. The first kappa shape index (κ1) is 6.60. The average Bonchev–Trinajstić information content (AvgIpc) is 1.88. The van der Waals surface area contributed by atoms with Crippen LogP contribution in [0, 0.1) is 6.92 Å². The lowest BCUT2D eigenvalue weighted by atomic mass is 10.3. The molecule has 1 aromatic heterocycles. The maximum atomic E-state index is 10.3. The second kappa shape index (κ2) is 2.38. The van der Waals surface area contributed by atoms with Crippen LogP contribution in [0.25, 0.3) is 0 Å². The third-order valence-corrected chi connectivity index (χ3v) is 0.991. The Morgan fingerprint density at radius 1 is 1.70 bits per heavy atom. The van der Waals surface area contributed by atoms with E-state index >= 15 is 0 Å². The molecule has 1 heterocycles. The molecule has 0 aromatic carbocycles. The number of carboxylic acid groups (broad SMARTS) is 1. The van der Waals surface area contributed by atoms with Gasteiger partial charge in [0.2, 0.25) is 0 Å². The molecule has 1 rings (SSSR count). The summed E-state index contributed by atoms with van der Waals surface area (Å²) >= 11 is 0. The number of aromatic carboxylic acids is 1. The van der Waals surface area contributed by atoms with E-state index in [0.29, 0.717) is 5.69 Å². The number of aryl methyl sites for hydroxylation is 1. The van der Waals surface area contributed by atoms with Crippen LogP contribution in [0.4, 0.5) is 0 Å². The van der Waals surface area contributed by atoms with Gasteiger partial charge in [0.05, 0.1) is 5.69 Å². The minimum atomic E-state index is -1.08. The molecular formula is C5H5N3O2. The van der Waals surface area contributed by atoms with Crippen molar-refractivity contribution in [2.75, 3.05) is 0 Å². The molecule has 0 radical (unpaired) electrons. The van der Waals surface area contributed by atoms with Crippen molar-refractivity contribution in [2.24, 2.45) is 0 Å². The molecule has 0 spiro atoms. The summed E-state index contributed by atoms with van der Waals surface area (Å²) in [6.45, 7) is 1.55. The molecule has 0 aliphatic carbocycles. The van der Waals surface area contributed by atoms with E-state index in [-0.39, 0.29) is 5.69 Å². The lowest BCUT2D eigenvalue weighted by Gasteiger charge is -1.92. The predicted molar refractivity (Wildman–Crippen MR) is 31.5 cm³/mol. The Balaban J connectivity index is 3.15. The Bertz CT molecular complexity index is 261. The largest absolute Gasteiger partial charge is 0.476 e. The van der Waals surface area contributed by atoms with Crippen LogP contribution in [0.1, 0.15) is 16.2 Å². The van der Waals surface area contributed by atoms with Crippen molar-refractivity contribution in [3.05, 3.63) is 17.7 Å². The summed E-state index contributed by atoms with van der Waals surface area (Å²) in [7, 11) is 0. The highest BCUT2D eigenvalue weighted by molar-refractivity contribution is 5.86. The second-order valence-electron chi connectivity index (χ2n) is 1.70. The first-order chi connectivity index (χ1) is 4.72. The Hall–Kier alpha value is -1.52. The Morgan fingerprint density at radius 2 is 2.40 bits per heavy atom. The van der Waals surface area contributed by atoms with E-state index in [1.54, 1.807) is 6.92 Å². The monoisotopic (exact) mass is 139 g/mol. The van der Waals surface area contributed by atoms with E-state index in [2.05, 4.69) is 15.2 Å². The van der Waals surface area contributed by atoms with Crippen molar-refractivity contribution in [3.8, 4) is 0 Å². The van der Waals surface area contributed by atoms with Gasteiger partial charge in [-0.05, 0) is 6.92 Å². The van der Waals surface area contributed by atoms with Crippen molar-refractivity contribution in [3.63, 3.8) is 0 Å². The SMILES string of the molecule is Cc1nncnc1C(=O)O. The highest BCUT2D eigenvalue weighted by Gasteiger charge is 2.07. The molecule has 5 nitrogen and oxygen atoms in total. The van der Waals surface area contributed by atoms with E-state index < -0.39 is 5.97 Å². The highest BCUT2D eigenvalue weighted by atomic mass is 16.4. The molecule has 0 saturated heterocycles. The summed E-state index contributed by atoms with van der Waals surface area (Å²) in [5, 5.41) is 15.3. The Morgan fingerprint density at radius 3 is 2.80 bits per heavy atom. The maximum absolute atomic E-state index is 10.3. The van der Waals surface area contributed by atoms with E-state index in [1.165, 1.54) is 0 Å². The van der Waals surface area contributed by atoms with E-state index in [0.717, 1.165) is 6.33 Å². The van der Waals surface area contributed by atoms with Crippen molar-refractivity contribution in [1.29, 1.82) is 0 Å². The standard InChI is InChI=1S/C5H5N3O2/c1-3-4(5(9)10)6-2-7-8-3/h2H,1H3,(H,9,10). The van der Waals surface area contributed by atoms with Gasteiger partial charge in [-0.15, -0.1) is 5.10 Å². The lowest BCUT2D eigenvalue weighted by molar-refractivity contribution is 0.0688. The molecular weight excluding hydrogens is 134 g/mol. The number of carboxylic acids is 1. The molecule has 0 fully saturated rings. The third-order valence-electron chi connectivity index (χ3n) is 0.991. The van der Waals surface area contributed by atoms with Crippen LogP contribution in [-0.2, 0) is 0 Å². The maximum Gasteiger partial charge on any atom is 0.356 e. The summed E-state index contributed by atoms with van der Waals surface area (Å²) in [5.74, 6) is -1.08. The molecule has 0 unspecified atom stereocenters. The highest BCUT2D eigenvalue weighted by Crippen LogP contribution is 1.95. The molecule has 5 heteroatoms. The molecule has 1 aromatic rings. The Labute approximate surface area is 56.7 Å². The van der Waals surface area contributed by atoms with Crippen LogP contribution in [0.3, 0.4) is 0 Å². The predicted octanol–water partition coefficient (Wildman–Crippen LogP) is -0.122. The molecule has 0 amide bonds. The smallest absolute Gasteiger partial charge is 0.356 e. The van der Waals surface area contributed by atoms with Gasteiger partial charge >= 0.3 is 5.97 Å². The zero-order valence-corrected chi connectivity index (χ0v) is 5.27. The van der Waals surface area contributed by atoms with Crippen LogP contribution in [0.15, 0.2) is 6.33 Å². The van der Waals surface area contributed by atoms with Crippen molar-refractivity contribution >= 4 is 5.97 Å². The van der Waals surface area contributed by atoms with Gasteiger partial charge in [0.15, 0.2) is 5.69 Å². The quantitative estimate of drug-likeness (QED) is 0.586. The summed E-state index contributed by atoms with van der Waals surface area (Å²) in [6.07, 6.45) is 1.11. The topological polar surface area (TPSA) is 76.0 Å². The molecule has 0 atom stereocenters. The van der Waals surface area contributed by atoms with E-state index in [9.17, 15) is 4.79 Å². The number of hydrogen-bond acceptors (Lipinski definition) is 4. The number of hydrogen-bond donors (Lipinski definition) is 1. The van der Waals surface area contributed by atoms with Crippen LogP contribution < -0.4 is 0 Å². The number of nitrogens with zero attached hydrogens (tertiary/aromatic N) is 3. The fraction of sp³-hybridized carbons (Fsp3) is 0.200. The first-order valence-corrected chi connectivity index (χ1v) is 2.59.